The van der Waals surface area contributed by atoms with E-state index in [0.29, 0.717) is 11.8 Å². The van der Waals surface area contributed by atoms with Crippen LogP contribution < -0.4 is 0 Å². The maximum atomic E-state index is 10.6. The minimum atomic E-state index is -0.523. The lowest BCUT2D eigenvalue weighted by Gasteiger charge is -2.29. The molecule has 2 aliphatic rings. The van der Waals surface area contributed by atoms with Crippen molar-refractivity contribution in [2.75, 3.05) is 13.2 Å². The zero-order valence-electron chi connectivity index (χ0n) is 11.6. The molecule has 0 aromatic carbocycles. The lowest BCUT2D eigenvalue weighted by Crippen LogP contribution is -2.34. The molecule has 18 heavy (non-hydrogen) atoms. The minimum absolute atomic E-state index is 0.0601. The highest BCUT2D eigenvalue weighted by Crippen LogP contribution is 2.52. The molecule has 0 unspecified atom stereocenters. The Labute approximate surface area is 110 Å². The van der Waals surface area contributed by atoms with Crippen LogP contribution in [0.2, 0.25) is 0 Å². The molecule has 0 heterocycles. The molecule has 1 saturated carbocycles. The van der Waals surface area contributed by atoms with Crippen LogP contribution in [0.25, 0.3) is 0 Å². The van der Waals surface area contributed by atoms with Crippen molar-refractivity contribution < 1.29 is 15.3 Å². The Morgan fingerprint density at radius 1 is 1.22 bits per heavy atom. The highest BCUT2D eigenvalue weighted by Gasteiger charge is 2.47. The van der Waals surface area contributed by atoms with E-state index in [2.05, 4.69) is 26.8 Å². The molecule has 1 fully saturated rings. The van der Waals surface area contributed by atoms with E-state index in [1.807, 2.05) is 0 Å². The van der Waals surface area contributed by atoms with Gasteiger partial charge in [-0.3, -0.25) is 0 Å². The number of allylic oxidation sites excluding steroid dienone is 1. The molecule has 3 heteroatoms. The van der Waals surface area contributed by atoms with Gasteiger partial charge < -0.3 is 15.3 Å². The molecule has 0 bridgehead atoms. The summed E-state index contributed by atoms with van der Waals surface area (Å²) in [7, 11) is 0. The van der Waals surface area contributed by atoms with E-state index in [1.54, 1.807) is 0 Å². The highest BCUT2D eigenvalue weighted by atomic mass is 16.3. The third-order valence-corrected chi connectivity index (χ3v) is 4.99. The summed E-state index contributed by atoms with van der Waals surface area (Å²) in [6, 6.07) is 0. The quantitative estimate of drug-likeness (QED) is 0.656. The maximum absolute atomic E-state index is 10.6. The van der Waals surface area contributed by atoms with E-state index >= 15 is 0 Å². The Hall–Kier alpha value is -0.380. The summed E-state index contributed by atoms with van der Waals surface area (Å²) in [6.45, 7) is 6.54. The van der Waals surface area contributed by atoms with Gasteiger partial charge in [-0.25, -0.2) is 0 Å². The molecule has 3 nitrogen and oxygen atoms in total. The van der Waals surface area contributed by atoms with Gasteiger partial charge in [0.05, 0.1) is 19.3 Å². The molecule has 3 N–H and O–H groups in total. The first kappa shape index (κ1) is 14.0. The molecule has 0 aliphatic heterocycles. The second-order valence-electron chi connectivity index (χ2n) is 6.94. The number of hydrogen-bond donors (Lipinski definition) is 3. The van der Waals surface area contributed by atoms with Crippen LogP contribution in [0.5, 0.6) is 0 Å². The Bertz CT molecular complexity index is 335. The van der Waals surface area contributed by atoms with E-state index in [1.165, 1.54) is 0 Å². The Morgan fingerprint density at radius 2 is 1.83 bits per heavy atom. The standard InChI is InChI=1S/C15H26O3/c1-9-4-10(7-16)13(8-17)14(18)12-6-15(2,3)5-11(9)12/h4,9,11-14,16-18H,5-8H2,1-3H3/t9-,11-,12-,13+,14-/m1/s1. The van der Waals surface area contributed by atoms with Gasteiger partial charge >= 0.3 is 0 Å². The molecule has 0 spiro atoms. The monoisotopic (exact) mass is 254 g/mol. The largest absolute Gasteiger partial charge is 0.396 e. The predicted molar refractivity (Wildman–Crippen MR) is 70.9 cm³/mol. The second kappa shape index (κ2) is 4.95. The highest BCUT2D eigenvalue weighted by molar-refractivity contribution is 5.17. The van der Waals surface area contributed by atoms with Crippen molar-refractivity contribution in [1.29, 1.82) is 0 Å². The molecule has 0 aromatic rings. The average molecular weight is 254 g/mol. The normalized spacial score (nSPS) is 43.2. The molecule has 2 aliphatic carbocycles. The summed E-state index contributed by atoms with van der Waals surface area (Å²) in [6.07, 6.45) is 3.68. The zero-order valence-corrected chi connectivity index (χ0v) is 11.6. The average Bonchev–Trinajstić information content (AvgIpc) is 2.60. The van der Waals surface area contributed by atoms with Crippen LogP contribution in [0.4, 0.5) is 0 Å². The molecular weight excluding hydrogens is 228 g/mol. The summed E-state index contributed by atoms with van der Waals surface area (Å²) in [5.41, 5.74) is 1.08. The van der Waals surface area contributed by atoms with Crippen LogP contribution in [-0.2, 0) is 0 Å². The Morgan fingerprint density at radius 3 is 2.39 bits per heavy atom. The predicted octanol–water partition coefficient (Wildman–Crippen LogP) is 1.58. The molecule has 0 radical (unpaired) electrons. The van der Waals surface area contributed by atoms with Gasteiger partial charge in [0.15, 0.2) is 0 Å². The number of fused-ring (bicyclic) bond motifs is 1. The topological polar surface area (TPSA) is 60.7 Å². The van der Waals surface area contributed by atoms with E-state index in [9.17, 15) is 15.3 Å². The van der Waals surface area contributed by atoms with Crippen LogP contribution in [0.1, 0.15) is 33.6 Å². The summed E-state index contributed by atoms with van der Waals surface area (Å²) in [4.78, 5) is 0. The lowest BCUT2D eigenvalue weighted by atomic mass is 9.81. The van der Waals surface area contributed by atoms with Crippen LogP contribution in [0, 0.1) is 29.1 Å². The van der Waals surface area contributed by atoms with Gasteiger partial charge in [0, 0.05) is 5.92 Å². The van der Waals surface area contributed by atoms with Gasteiger partial charge in [-0.05, 0) is 41.6 Å². The van der Waals surface area contributed by atoms with Gasteiger partial charge in [0.2, 0.25) is 0 Å². The number of aliphatic hydroxyl groups is 3. The zero-order chi connectivity index (χ0) is 13.5. The van der Waals surface area contributed by atoms with Gasteiger partial charge in [0.1, 0.15) is 0 Å². The first-order valence-electron chi connectivity index (χ1n) is 7.00. The third kappa shape index (κ3) is 2.36. The number of aliphatic hydroxyl groups excluding tert-OH is 3. The van der Waals surface area contributed by atoms with Crippen molar-refractivity contribution in [2.24, 2.45) is 29.1 Å². The first-order chi connectivity index (χ1) is 8.39. The fraction of sp³-hybridized carbons (Fsp3) is 0.867. The van der Waals surface area contributed by atoms with Crippen molar-refractivity contribution in [1.82, 2.24) is 0 Å². The van der Waals surface area contributed by atoms with E-state index in [-0.39, 0.29) is 30.5 Å². The van der Waals surface area contributed by atoms with E-state index < -0.39 is 6.10 Å². The van der Waals surface area contributed by atoms with Crippen molar-refractivity contribution >= 4 is 0 Å². The van der Waals surface area contributed by atoms with Crippen molar-refractivity contribution in [3.05, 3.63) is 11.6 Å². The van der Waals surface area contributed by atoms with Gasteiger partial charge in [-0.15, -0.1) is 0 Å². The summed E-state index contributed by atoms with van der Waals surface area (Å²) in [5, 5.41) is 29.5. The SMILES string of the molecule is C[C@@H]1C=C(CO)[C@H](CO)[C@H](O)[C@@H]2CC(C)(C)C[C@@H]21. The summed E-state index contributed by atoms with van der Waals surface area (Å²) < 4.78 is 0. The molecular formula is C15H26O3. The van der Waals surface area contributed by atoms with Crippen LogP contribution >= 0.6 is 0 Å². The molecule has 0 saturated heterocycles. The van der Waals surface area contributed by atoms with Crippen molar-refractivity contribution in [3.8, 4) is 0 Å². The van der Waals surface area contributed by atoms with Gasteiger partial charge in [-0.2, -0.15) is 0 Å². The van der Waals surface area contributed by atoms with E-state index in [0.717, 1.165) is 18.4 Å². The molecule has 2 rings (SSSR count). The fourth-order valence-corrected chi connectivity index (χ4v) is 4.11. The maximum Gasteiger partial charge on any atom is 0.0659 e. The third-order valence-electron chi connectivity index (χ3n) is 4.99. The fourth-order valence-electron chi connectivity index (χ4n) is 4.11. The Balaban J connectivity index is 2.33. The van der Waals surface area contributed by atoms with Crippen molar-refractivity contribution in [2.45, 2.75) is 39.7 Å². The molecule has 104 valence electrons. The molecule has 5 atom stereocenters. The first-order valence-corrected chi connectivity index (χ1v) is 7.00. The number of rotatable bonds is 2. The smallest absolute Gasteiger partial charge is 0.0659 e. The Kier molecular flexibility index (Phi) is 3.86. The molecule has 0 amide bonds. The summed E-state index contributed by atoms with van der Waals surface area (Å²) in [5.74, 6) is 0.784. The lowest BCUT2D eigenvalue weighted by molar-refractivity contribution is 0.0187. The minimum Gasteiger partial charge on any atom is -0.396 e. The van der Waals surface area contributed by atoms with Crippen LogP contribution in [0.3, 0.4) is 0 Å². The van der Waals surface area contributed by atoms with E-state index in [4.69, 9.17) is 0 Å². The van der Waals surface area contributed by atoms with Gasteiger partial charge in [-0.1, -0.05) is 26.8 Å². The molecule has 0 aromatic heterocycles. The van der Waals surface area contributed by atoms with Crippen LogP contribution in [-0.4, -0.2) is 34.6 Å². The van der Waals surface area contributed by atoms with Gasteiger partial charge in [0.25, 0.3) is 0 Å². The van der Waals surface area contributed by atoms with Crippen molar-refractivity contribution in [3.63, 3.8) is 0 Å². The second-order valence-corrected chi connectivity index (χ2v) is 6.94. The van der Waals surface area contributed by atoms with Crippen LogP contribution in [0.15, 0.2) is 11.6 Å². The number of hydrogen-bond acceptors (Lipinski definition) is 3. The summed E-state index contributed by atoms with van der Waals surface area (Å²) >= 11 is 0.